The number of rotatable bonds is 7. The summed E-state index contributed by atoms with van der Waals surface area (Å²) in [4.78, 5) is 34.5. The number of benzene rings is 2. The molecule has 0 radical (unpaired) electrons. The summed E-state index contributed by atoms with van der Waals surface area (Å²) in [7, 11) is 4.09. The summed E-state index contributed by atoms with van der Waals surface area (Å²) in [6.45, 7) is 1.60. The van der Waals surface area contributed by atoms with Crippen molar-refractivity contribution in [2.75, 3.05) is 37.4 Å². The molecule has 1 saturated heterocycles. The maximum atomic E-state index is 15.2. The van der Waals surface area contributed by atoms with E-state index in [0.29, 0.717) is 28.6 Å². The summed E-state index contributed by atoms with van der Waals surface area (Å²) < 4.78 is 35.5. The van der Waals surface area contributed by atoms with E-state index >= 15 is 4.39 Å². The molecule has 0 spiro atoms. The van der Waals surface area contributed by atoms with Crippen LogP contribution in [0.3, 0.4) is 0 Å². The number of anilines is 2. The van der Waals surface area contributed by atoms with Gasteiger partial charge in [0.25, 0.3) is 11.5 Å². The summed E-state index contributed by atoms with van der Waals surface area (Å²) in [5.41, 5.74) is -0.0136. The number of likely N-dealkylation sites (N-methyl/N-ethyl adjacent to an activating group) is 1. The summed E-state index contributed by atoms with van der Waals surface area (Å²) in [5, 5.41) is 14.5. The highest BCUT2D eigenvalue weighted by Gasteiger charge is 2.28. The molecule has 2 aromatic carbocycles. The van der Waals surface area contributed by atoms with Gasteiger partial charge in [0.05, 0.1) is 5.69 Å². The Hall–Kier alpha value is -5.17. The van der Waals surface area contributed by atoms with Crippen LogP contribution in [0, 0.1) is 11.6 Å². The lowest BCUT2D eigenvalue weighted by Gasteiger charge is -2.20. The molecule has 1 aliphatic heterocycles. The van der Waals surface area contributed by atoms with Crippen LogP contribution in [0.15, 0.2) is 71.8 Å². The average molecular weight is 573 g/mol. The predicted molar refractivity (Wildman–Crippen MR) is 152 cm³/mol. The van der Waals surface area contributed by atoms with Gasteiger partial charge in [-0.1, -0.05) is 0 Å². The van der Waals surface area contributed by atoms with Crippen LogP contribution in [0.1, 0.15) is 16.8 Å². The van der Waals surface area contributed by atoms with Crippen molar-refractivity contribution in [2.24, 2.45) is 0 Å². The molecule has 1 amide bonds. The van der Waals surface area contributed by atoms with E-state index in [2.05, 4.69) is 35.4 Å². The second-order valence-electron chi connectivity index (χ2n) is 10.1. The lowest BCUT2D eigenvalue weighted by Crippen LogP contribution is -2.31. The van der Waals surface area contributed by atoms with E-state index in [1.54, 1.807) is 12.3 Å². The van der Waals surface area contributed by atoms with E-state index in [0.717, 1.165) is 30.3 Å². The number of nitrogens with zero attached hydrogens (tertiary/aromatic N) is 6. The Morgan fingerprint density at radius 3 is 2.62 bits per heavy atom. The lowest BCUT2D eigenvalue weighted by atomic mass is 10.2. The summed E-state index contributed by atoms with van der Waals surface area (Å²) in [6, 6.07) is 12.3. The van der Waals surface area contributed by atoms with Crippen molar-refractivity contribution >= 4 is 28.4 Å². The number of carbonyl (C=O) groups excluding carboxylic acids is 1. The first-order chi connectivity index (χ1) is 20.3. The Morgan fingerprint density at radius 1 is 1.07 bits per heavy atom. The van der Waals surface area contributed by atoms with Crippen molar-refractivity contribution in [1.29, 1.82) is 0 Å². The first-order valence-corrected chi connectivity index (χ1v) is 13.2. The van der Waals surface area contributed by atoms with Gasteiger partial charge in [-0.15, -0.1) is 0 Å². The second-order valence-corrected chi connectivity index (χ2v) is 10.1. The number of H-pyrrole nitrogens is 1. The third-order valence-electron chi connectivity index (χ3n) is 7.17. The number of aromatic amines is 1. The fraction of sp³-hybridized carbons (Fsp3) is 0.207. The molecule has 11 nitrogen and oxygen atoms in total. The molecule has 0 bridgehead atoms. The summed E-state index contributed by atoms with van der Waals surface area (Å²) >= 11 is 0. The number of nitrogens with one attached hydrogen (secondary N) is 2. The van der Waals surface area contributed by atoms with Crippen molar-refractivity contribution in [3.05, 3.63) is 94.5 Å². The normalized spacial score (nSPS) is 15.0. The molecular formula is C29H26F2N8O3. The highest BCUT2D eigenvalue weighted by atomic mass is 19.1. The molecule has 4 heterocycles. The van der Waals surface area contributed by atoms with Crippen LogP contribution < -0.4 is 20.5 Å². The van der Waals surface area contributed by atoms with Gasteiger partial charge in [-0.25, -0.2) is 13.8 Å². The van der Waals surface area contributed by atoms with Crippen molar-refractivity contribution in [2.45, 2.75) is 12.5 Å². The van der Waals surface area contributed by atoms with Gasteiger partial charge in [-0.05, 0) is 63.0 Å². The molecule has 1 aliphatic rings. The Balaban J connectivity index is 1.22. The van der Waals surface area contributed by atoms with Crippen LogP contribution in [0.4, 0.5) is 20.3 Å². The molecule has 1 fully saturated rings. The Kier molecular flexibility index (Phi) is 7.08. The number of halogens is 2. The Bertz CT molecular complexity index is 1840. The molecular weight excluding hydrogens is 546 g/mol. The van der Waals surface area contributed by atoms with E-state index in [-0.39, 0.29) is 22.7 Å². The number of carbonyl (C=O) groups is 1. The number of ether oxygens (including phenoxy) is 1. The van der Waals surface area contributed by atoms with E-state index in [9.17, 15) is 14.0 Å². The number of amides is 1. The van der Waals surface area contributed by atoms with Gasteiger partial charge in [0.15, 0.2) is 23.0 Å². The number of aromatic nitrogens is 5. The minimum atomic E-state index is -0.758. The van der Waals surface area contributed by atoms with Crippen LogP contribution >= 0.6 is 0 Å². The highest BCUT2D eigenvalue weighted by molar-refractivity contribution is 6.04. The minimum Gasteiger partial charge on any atom is -0.453 e. The predicted octanol–water partition coefficient (Wildman–Crippen LogP) is 3.97. The van der Waals surface area contributed by atoms with Gasteiger partial charge in [-0.3, -0.25) is 14.7 Å². The van der Waals surface area contributed by atoms with Crippen LogP contribution in [-0.4, -0.2) is 69.0 Å². The molecule has 5 aromatic rings. The monoisotopic (exact) mass is 572 g/mol. The van der Waals surface area contributed by atoms with Crippen molar-refractivity contribution in [1.82, 2.24) is 29.9 Å². The van der Waals surface area contributed by atoms with Crippen molar-refractivity contribution in [3.8, 4) is 17.2 Å². The van der Waals surface area contributed by atoms with Gasteiger partial charge in [0.2, 0.25) is 0 Å². The zero-order chi connectivity index (χ0) is 29.4. The number of hydrogen-bond acceptors (Lipinski definition) is 8. The maximum absolute atomic E-state index is 15.2. The molecule has 1 atom stereocenters. The van der Waals surface area contributed by atoms with E-state index in [1.165, 1.54) is 48.7 Å². The lowest BCUT2D eigenvalue weighted by molar-refractivity contribution is 0.102. The van der Waals surface area contributed by atoms with E-state index in [1.807, 2.05) is 14.1 Å². The topological polar surface area (TPSA) is 121 Å². The molecule has 42 heavy (non-hydrogen) atoms. The number of pyridine rings is 1. The maximum Gasteiger partial charge on any atom is 0.284 e. The van der Waals surface area contributed by atoms with Gasteiger partial charge in [0.1, 0.15) is 22.5 Å². The average Bonchev–Trinajstić information content (AvgIpc) is 3.63. The van der Waals surface area contributed by atoms with E-state index < -0.39 is 23.1 Å². The van der Waals surface area contributed by atoms with Gasteiger partial charge >= 0.3 is 0 Å². The molecule has 0 unspecified atom stereocenters. The molecule has 3 aromatic heterocycles. The standard InChI is InChI=1S/C29H26F2N8O3/c1-37(2)20-11-14-38(16-20)27-25-24(10-12-32-26(25)35-36-27)42-23-8-5-18(15-22(23)31)34-28(40)21-9-13-33-39(29(21)41)19-6-3-17(30)4-7-19/h3-10,12-13,15,20H,11,14,16H2,1-2H3,(H,34,40)(H,32,35,36)/t20-/m1/s1. The molecule has 0 saturated carbocycles. The quantitative estimate of drug-likeness (QED) is 0.301. The van der Waals surface area contributed by atoms with Crippen LogP contribution in [0.5, 0.6) is 11.5 Å². The Morgan fingerprint density at radius 2 is 1.88 bits per heavy atom. The molecule has 13 heteroatoms. The zero-order valence-electron chi connectivity index (χ0n) is 22.7. The SMILES string of the molecule is CN(C)[C@@H]1CCN(c2n[nH]c3nccc(Oc4ccc(NC(=O)c5ccnn(-c6ccc(F)cc6)c5=O)cc4F)c23)C1. The van der Waals surface area contributed by atoms with Crippen molar-refractivity contribution < 1.29 is 18.3 Å². The number of hydrogen-bond donors (Lipinski definition) is 2. The first-order valence-electron chi connectivity index (χ1n) is 13.2. The molecule has 2 N–H and O–H groups in total. The van der Waals surface area contributed by atoms with Crippen LogP contribution in [-0.2, 0) is 0 Å². The summed E-state index contributed by atoms with van der Waals surface area (Å²) in [5.74, 6) is -0.959. The molecule has 214 valence electrons. The van der Waals surface area contributed by atoms with Crippen LogP contribution in [0.25, 0.3) is 16.7 Å². The number of fused-ring (bicyclic) bond motifs is 1. The van der Waals surface area contributed by atoms with Crippen molar-refractivity contribution in [3.63, 3.8) is 0 Å². The first kappa shape index (κ1) is 27.0. The fourth-order valence-corrected chi connectivity index (χ4v) is 4.91. The smallest absolute Gasteiger partial charge is 0.284 e. The van der Waals surface area contributed by atoms with Gasteiger partial charge in [-0.2, -0.15) is 14.9 Å². The minimum absolute atomic E-state index is 0.0668. The van der Waals surface area contributed by atoms with Gasteiger partial charge in [0, 0.05) is 49.3 Å². The molecule has 6 rings (SSSR count). The van der Waals surface area contributed by atoms with Gasteiger partial charge < -0.3 is 19.9 Å². The third kappa shape index (κ3) is 5.17. The molecule has 0 aliphatic carbocycles. The third-order valence-corrected chi connectivity index (χ3v) is 7.17. The fourth-order valence-electron chi connectivity index (χ4n) is 4.91. The second kappa shape index (κ2) is 11.0. The van der Waals surface area contributed by atoms with Crippen LogP contribution in [0.2, 0.25) is 0 Å². The largest absolute Gasteiger partial charge is 0.453 e. The Labute approximate surface area is 238 Å². The highest BCUT2D eigenvalue weighted by Crippen LogP contribution is 2.37. The zero-order valence-corrected chi connectivity index (χ0v) is 22.7. The summed E-state index contributed by atoms with van der Waals surface area (Å²) in [6.07, 6.45) is 3.81. The van der Waals surface area contributed by atoms with E-state index in [4.69, 9.17) is 4.74 Å².